The van der Waals surface area contributed by atoms with Gasteiger partial charge >= 0.3 is 0 Å². The van der Waals surface area contributed by atoms with Gasteiger partial charge in [-0.05, 0) is 64.8 Å². The van der Waals surface area contributed by atoms with Crippen LogP contribution in [0.15, 0.2) is 40.9 Å². The average molecular weight is 335 g/mol. The van der Waals surface area contributed by atoms with Crippen molar-refractivity contribution in [3.05, 3.63) is 63.4 Å². The number of hydrogen-bond donors (Lipinski definition) is 0. The summed E-state index contributed by atoms with van der Waals surface area (Å²) in [4.78, 5) is 12.4. The third kappa shape index (κ3) is 2.36. The largest absolute Gasteiger partial charge is 0.490 e. The van der Waals surface area contributed by atoms with Crippen molar-refractivity contribution in [1.29, 1.82) is 0 Å². The van der Waals surface area contributed by atoms with E-state index in [0.717, 1.165) is 17.7 Å². The van der Waals surface area contributed by atoms with E-state index in [9.17, 15) is 9.18 Å². The summed E-state index contributed by atoms with van der Waals surface area (Å²) in [5.74, 6) is 0.212. The Morgan fingerprint density at radius 3 is 2.70 bits per heavy atom. The van der Waals surface area contributed by atoms with Crippen LogP contribution in [0.25, 0.3) is 0 Å². The molecule has 0 aliphatic carbocycles. The zero-order valence-corrected chi connectivity index (χ0v) is 12.4. The molecule has 1 heterocycles. The Morgan fingerprint density at radius 1 is 1.25 bits per heavy atom. The van der Waals surface area contributed by atoms with Gasteiger partial charge in [0.1, 0.15) is 17.7 Å². The lowest BCUT2D eigenvalue weighted by atomic mass is 10.00. The van der Waals surface area contributed by atoms with Crippen LogP contribution >= 0.6 is 15.9 Å². The van der Waals surface area contributed by atoms with Gasteiger partial charge in [0.15, 0.2) is 5.78 Å². The quantitative estimate of drug-likeness (QED) is 0.771. The Labute approximate surface area is 124 Å². The number of carbonyl (C=O) groups is 1. The number of ketones is 1. The molecule has 0 fully saturated rings. The standard InChI is InChI=1S/C16H12BrFO2/c1-9-6-12-7-10(3-5-15(12)20-9)16(19)11-2-4-13(17)14(18)8-11/h2-5,7-9H,6H2,1H3. The van der Waals surface area contributed by atoms with Gasteiger partial charge in [0.25, 0.3) is 0 Å². The van der Waals surface area contributed by atoms with Crippen LogP contribution in [-0.4, -0.2) is 11.9 Å². The predicted molar refractivity (Wildman–Crippen MR) is 77.8 cm³/mol. The third-order valence-electron chi connectivity index (χ3n) is 3.34. The van der Waals surface area contributed by atoms with E-state index in [4.69, 9.17) is 4.74 Å². The van der Waals surface area contributed by atoms with E-state index in [1.807, 2.05) is 13.0 Å². The lowest BCUT2D eigenvalue weighted by molar-refractivity contribution is 0.103. The molecule has 102 valence electrons. The van der Waals surface area contributed by atoms with Crippen LogP contribution in [0.2, 0.25) is 0 Å². The van der Waals surface area contributed by atoms with Crippen molar-refractivity contribution in [2.45, 2.75) is 19.4 Å². The lowest BCUT2D eigenvalue weighted by Gasteiger charge is -2.05. The van der Waals surface area contributed by atoms with Crippen LogP contribution in [0.1, 0.15) is 28.4 Å². The van der Waals surface area contributed by atoms with Crippen LogP contribution in [0.4, 0.5) is 4.39 Å². The number of ether oxygens (including phenoxy) is 1. The van der Waals surface area contributed by atoms with Crippen molar-refractivity contribution in [2.75, 3.05) is 0 Å². The number of carbonyl (C=O) groups excluding carboxylic acids is 1. The van der Waals surface area contributed by atoms with E-state index < -0.39 is 5.82 Å². The summed E-state index contributed by atoms with van der Waals surface area (Å²) in [5, 5.41) is 0. The second kappa shape index (κ2) is 5.02. The molecule has 2 nitrogen and oxygen atoms in total. The highest BCUT2D eigenvalue weighted by molar-refractivity contribution is 9.10. The topological polar surface area (TPSA) is 26.3 Å². The predicted octanol–water partition coefficient (Wildman–Crippen LogP) is 4.14. The SMILES string of the molecule is CC1Cc2cc(C(=O)c3ccc(Br)c(F)c3)ccc2O1. The Balaban J connectivity index is 1.95. The highest BCUT2D eigenvalue weighted by Crippen LogP contribution is 2.30. The number of fused-ring (bicyclic) bond motifs is 1. The zero-order chi connectivity index (χ0) is 14.3. The van der Waals surface area contributed by atoms with Gasteiger partial charge in [0, 0.05) is 17.5 Å². The van der Waals surface area contributed by atoms with Gasteiger partial charge in [-0.2, -0.15) is 0 Å². The molecule has 1 aliphatic rings. The number of benzene rings is 2. The first-order valence-corrected chi connectivity index (χ1v) is 7.13. The summed E-state index contributed by atoms with van der Waals surface area (Å²) in [7, 11) is 0. The monoisotopic (exact) mass is 334 g/mol. The van der Waals surface area contributed by atoms with E-state index >= 15 is 0 Å². The minimum absolute atomic E-state index is 0.139. The molecule has 2 aromatic carbocycles. The Hall–Kier alpha value is -1.68. The van der Waals surface area contributed by atoms with Crippen molar-refractivity contribution in [2.24, 2.45) is 0 Å². The maximum atomic E-state index is 13.5. The summed E-state index contributed by atoms with van der Waals surface area (Å²) in [6.45, 7) is 1.99. The smallest absolute Gasteiger partial charge is 0.193 e. The molecule has 0 N–H and O–H groups in total. The van der Waals surface area contributed by atoms with Crippen LogP contribution in [0, 0.1) is 5.82 Å². The zero-order valence-electron chi connectivity index (χ0n) is 10.8. The highest BCUT2D eigenvalue weighted by atomic mass is 79.9. The molecule has 0 saturated carbocycles. The molecule has 3 rings (SSSR count). The number of hydrogen-bond acceptors (Lipinski definition) is 2. The molecular weight excluding hydrogens is 323 g/mol. The number of rotatable bonds is 2. The maximum Gasteiger partial charge on any atom is 0.193 e. The fraction of sp³-hybridized carbons (Fsp3) is 0.188. The molecule has 0 bridgehead atoms. The van der Waals surface area contributed by atoms with E-state index in [-0.39, 0.29) is 11.9 Å². The molecule has 4 heteroatoms. The van der Waals surface area contributed by atoms with Crippen LogP contribution in [0.5, 0.6) is 5.75 Å². The first kappa shape index (κ1) is 13.3. The average Bonchev–Trinajstić information content (AvgIpc) is 2.80. The van der Waals surface area contributed by atoms with Gasteiger partial charge in [0.2, 0.25) is 0 Å². The first-order chi connectivity index (χ1) is 9.54. The van der Waals surface area contributed by atoms with Gasteiger partial charge in [-0.15, -0.1) is 0 Å². The molecule has 1 aliphatic heterocycles. The summed E-state index contributed by atoms with van der Waals surface area (Å²) < 4.78 is 19.5. The summed E-state index contributed by atoms with van der Waals surface area (Å²) in [6, 6.07) is 9.77. The highest BCUT2D eigenvalue weighted by Gasteiger charge is 2.21. The maximum absolute atomic E-state index is 13.5. The molecular formula is C16H12BrFO2. The Morgan fingerprint density at radius 2 is 1.95 bits per heavy atom. The van der Waals surface area contributed by atoms with Gasteiger partial charge < -0.3 is 4.74 Å². The van der Waals surface area contributed by atoms with Crippen LogP contribution in [-0.2, 0) is 6.42 Å². The fourth-order valence-corrected chi connectivity index (χ4v) is 2.61. The van der Waals surface area contributed by atoms with E-state index in [2.05, 4.69) is 15.9 Å². The van der Waals surface area contributed by atoms with Crippen molar-refractivity contribution >= 4 is 21.7 Å². The second-order valence-electron chi connectivity index (χ2n) is 4.91. The summed E-state index contributed by atoms with van der Waals surface area (Å²) in [5.41, 5.74) is 1.93. The fourth-order valence-electron chi connectivity index (χ4n) is 2.37. The van der Waals surface area contributed by atoms with Crippen molar-refractivity contribution < 1.29 is 13.9 Å². The van der Waals surface area contributed by atoms with Crippen molar-refractivity contribution in [1.82, 2.24) is 0 Å². The first-order valence-electron chi connectivity index (χ1n) is 6.34. The minimum Gasteiger partial charge on any atom is -0.490 e. The molecule has 0 amide bonds. The van der Waals surface area contributed by atoms with Crippen molar-refractivity contribution in [3.8, 4) is 5.75 Å². The normalized spacial score (nSPS) is 16.6. The molecule has 20 heavy (non-hydrogen) atoms. The van der Waals surface area contributed by atoms with Crippen molar-refractivity contribution in [3.63, 3.8) is 0 Å². The van der Waals surface area contributed by atoms with Gasteiger partial charge in [-0.1, -0.05) is 0 Å². The van der Waals surface area contributed by atoms with E-state index in [0.29, 0.717) is 15.6 Å². The van der Waals surface area contributed by atoms with Crippen LogP contribution < -0.4 is 4.74 Å². The molecule has 1 unspecified atom stereocenters. The van der Waals surface area contributed by atoms with E-state index in [1.165, 1.54) is 6.07 Å². The van der Waals surface area contributed by atoms with Gasteiger partial charge in [-0.25, -0.2) is 4.39 Å². The van der Waals surface area contributed by atoms with Gasteiger partial charge in [-0.3, -0.25) is 4.79 Å². The third-order valence-corrected chi connectivity index (χ3v) is 3.98. The Kier molecular flexibility index (Phi) is 3.34. The molecule has 0 aromatic heterocycles. The minimum atomic E-state index is -0.436. The summed E-state index contributed by atoms with van der Waals surface area (Å²) in [6.07, 6.45) is 0.936. The molecule has 0 saturated heterocycles. The lowest BCUT2D eigenvalue weighted by Crippen LogP contribution is -2.05. The number of halogens is 2. The molecule has 2 aromatic rings. The Bertz CT molecular complexity index is 697. The van der Waals surface area contributed by atoms with Crippen LogP contribution in [0.3, 0.4) is 0 Å². The molecule has 1 atom stereocenters. The molecule has 0 radical (unpaired) electrons. The van der Waals surface area contributed by atoms with Gasteiger partial charge in [0.05, 0.1) is 4.47 Å². The van der Waals surface area contributed by atoms with E-state index in [1.54, 1.807) is 24.3 Å². The molecule has 0 spiro atoms. The summed E-state index contributed by atoms with van der Waals surface area (Å²) >= 11 is 3.08. The second-order valence-corrected chi connectivity index (χ2v) is 5.77.